The van der Waals surface area contributed by atoms with Crippen LogP contribution in [0.4, 0.5) is 0 Å². The summed E-state index contributed by atoms with van der Waals surface area (Å²) in [5.74, 6) is 0.182. The number of carbonyl (C=O) groups is 1. The Bertz CT molecular complexity index is 1170. The van der Waals surface area contributed by atoms with E-state index in [1.165, 1.54) is 20.3 Å². The Kier molecular flexibility index (Phi) is 6.08. The van der Waals surface area contributed by atoms with Gasteiger partial charge >= 0.3 is 5.97 Å². The third-order valence-electron chi connectivity index (χ3n) is 4.06. The van der Waals surface area contributed by atoms with Crippen molar-refractivity contribution < 1.29 is 23.4 Å². The molecule has 0 aliphatic rings. The normalized spacial score (nSPS) is 10.5. The largest absolute Gasteiger partial charge is 0.493 e. The molecule has 0 aliphatic carbocycles. The molecular formula is C22H19BrO6. The van der Waals surface area contributed by atoms with Crippen LogP contribution >= 0.6 is 15.9 Å². The molecule has 0 aliphatic heterocycles. The number of allylic oxidation sites excluding steroid dienone is 1. The van der Waals surface area contributed by atoms with Gasteiger partial charge in [0.25, 0.3) is 0 Å². The van der Waals surface area contributed by atoms with Gasteiger partial charge in [0, 0.05) is 11.6 Å². The molecule has 0 saturated carbocycles. The van der Waals surface area contributed by atoms with Crippen molar-refractivity contribution in [1.82, 2.24) is 0 Å². The molecule has 0 saturated heterocycles. The van der Waals surface area contributed by atoms with Gasteiger partial charge in [0.2, 0.25) is 11.2 Å². The SMILES string of the molecule is COc1cc(-c2oc3ccccc3c(=O)c2OC(=O)C=C(C)C)cc(Br)c1OC. The van der Waals surface area contributed by atoms with Crippen LogP contribution in [0.3, 0.4) is 0 Å². The summed E-state index contributed by atoms with van der Waals surface area (Å²) in [7, 11) is 3.02. The summed E-state index contributed by atoms with van der Waals surface area (Å²) in [6.45, 7) is 3.52. The number of benzene rings is 2. The lowest BCUT2D eigenvalue weighted by atomic mass is 10.1. The molecule has 29 heavy (non-hydrogen) atoms. The van der Waals surface area contributed by atoms with Crippen LogP contribution in [0.15, 0.2) is 61.7 Å². The summed E-state index contributed by atoms with van der Waals surface area (Å²) in [5, 5.41) is 0.316. The number of para-hydroxylation sites is 1. The van der Waals surface area contributed by atoms with Crippen LogP contribution in [0.25, 0.3) is 22.3 Å². The highest BCUT2D eigenvalue weighted by atomic mass is 79.9. The molecule has 0 radical (unpaired) electrons. The molecule has 0 spiro atoms. The predicted octanol–water partition coefficient (Wildman–Crippen LogP) is 5.11. The van der Waals surface area contributed by atoms with E-state index in [9.17, 15) is 9.59 Å². The second-order valence-corrected chi connectivity index (χ2v) is 7.28. The standard InChI is InChI=1S/C22H19BrO6/c1-12(2)9-18(24)29-22-19(25)14-7-5-6-8-16(14)28-20(22)13-10-15(23)21(27-4)17(11-13)26-3/h5-11H,1-4H3. The molecule has 0 N–H and O–H groups in total. The Morgan fingerprint density at radius 3 is 2.45 bits per heavy atom. The van der Waals surface area contributed by atoms with Gasteiger partial charge in [0.15, 0.2) is 17.3 Å². The highest BCUT2D eigenvalue weighted by Gasteiger charge is 2.22. The average Bonchev–Trinajstić information content (AvgIpc) is 2.68. The van der Waals surface area contributed by atoms with Crippen molar-refractivity contribution in [1.29, 1.82) is 0 Å². The third-order valence-corrected chi connectivity index (χ3v) is 4.65. The van der Waals surface area contributed by atoms with Gasteiger partial charge in [-0.1, -0.05) is 17.7 Å². The highest BCUT2D eigenvalue weighted by molar-refractivity contribution is 9.10. The van der Waals surface area contributed by atoms with E-state index in [1.807, 2.05) is 0 Å². The molecule has 7 heteroatoms. The molecule has 0 fully saturated rings. The Morgan fingerprint density at radius 2 is 1.79 bits per heavy atom. The summed E-state index contributed by atoms with van der Waals surface area (Å²) < 4.78 is 22.7. The molecule has 0 amide bonds. The molecular weight excluding hydrogens is 440 g/mol. The first kappa shape index (κ1) is 20.7. The number of rotatable bonds is 5. The van der Waals surface area contributed by atoms with Crippen molar-refractivity contribution in [3.05, 3.63) is 62.7 Å². The van der Waals surface area contributed by atoms with Crippen molar-refractivity contribution in [2.24, 2.45) is 0 Å². The maximum absolute atomic E-state index is 13.1. The summed E-state index contributed by atoms with van der Waals surface area (Å²) in [6.07, 6.45) is 1.31. The molecule has 1 heterocycles. The van der Waals surface area contributed by atoms with E-state index >= 15 is 0 Å². The number of halogens is 1. The first-order chi connectivity index (χ1) is 13.8. The summed E-state index contributed by atoms with van der Waals surface area (Å²) in [6, 6.07) is 10.1. The molecule has 3 aromatic rings. The Labute approximate surface area is 175 Å². The first-order valence-corrected chi connectivity index (χ1v) is 9.49. The zero-order valence-electron chi connectivity index (χ0n) is 16.4. The molecule has 2 aromatic carbocycles. The Hall–Kier alpha value is -3.06. The van der Waals surface area contributed by atoms with E-state index in [4.69, 9.17) is 18.6 Å². The Morgan fingerprint density at radius 1 is 1.07 bits per heavy atom. The number of hydrogen-bond acceptors (Lipinski definition) is 6. The van der Waals surface area contributed by atoms with E-state index < -0.39 is 11.4 Å². The lowest BCUT2D eigenvalue weighted by Gasteiger charge is -2.14. The molecule has 6 nitrogen and oxygen atoms in total. The van der Waals surface area contributed by atoms with E-state index in [-0.39, 0.29) is 11.5 Å². The number of ether oxygens (including phenoxy) is 3. The predicted molar refractivity (Wildman–Crippen MR) is 114 cm³/mol. The minimum absolute atomic E-state index is 0.117. The molecule has 0 atom stereocenters. The summed E-state index contributed by atoms with van der Waals surface area (Å²) in [5.41, 5.74) is 1.16. The molecule has 1 aromatic heterocycles. The van der Waals surface area contributed by atoms with Crippen molar-refractivity contribution in [2.75, 3.05) is 14.2 Å². The van der Waals surface area contributed by atoms with Crippen LogP contribution in [-0.4, -0.2) is 20.2 Å². The van der Waals surface area contributed by atoms with E-state index in [0.29, 0.717) is 32.5 Å². The number of methoxy groups -OCH3 is 2. The third kappa shape index (κ3) is 4.19. The first-order valence-electron chi connectivity index (χ1n) is 8.70. The van der Waals surface area contributed by atoms with Gasteiger partial charge in [-0.25, -0.2) is 4.79 Å². The smallest absolute Gasteiger partial charge is 0.336 e. The van der Waals surface area contributed by atoms with Crippen LogP contribution in [0, 0.1) is 0 Å². The number of hydrogen-bond donors (Lipinski definition) is 0. The van der Waals surface area contributed by atoms with E-state index in [1.54, 1.807) is 50.2 Å². The van der Waals surface area contributed by atoms with Gasteiger partial charge in [-0.15, -0.1) is 0 Å². The van der Waals surface area contributed by atoms with Gasteiger partial charge in [-0.3, -0.25) is 4.79 Å². The van der Waals surface area contributed by atoms with Crippen LogP contribution in [0.2, 0.25) is 0 Å². The van der Waals surface area contributed by atoms with Gasteiger partial charge in [-0.2, -0.15) is 0 Å². The van der Waals surface area contributed by atoms with Crippen molar-refractivity contribution in [3.8, 4) is 28.6 Å². The van der Waals surface area contributed by atoms with E-state index in [2.05, 4.69) is 15.9 Å². The monoisotopic (exact) mass is 458 g/mol. The maximum Gasteiger partial charge on any atom is 0.336 e. The molecule has 150 valence electrons. The average molecular weight is 459 g/mol. The van der Waals surface area contributed by atoms with Crippen LogP contribution in [0.1, 0.15) is 13.8 Å². The minimum Gasteiger partial charge on any atom is -0.493 e. The summed E-state index contributed by atoms with van der Waals surface area (Å²) >= 11 is 3.43. The van der Waals surface area contributed by atoms with Crippen molar-refractivity contribution >= 4 is 32.9 Å². The van der Waals surface area contributed by atoms with Gasteiger partial charge in [0.05, 0.1) is 24.1 Å². The van der Waals surface area contributed by atoms with Crippen LogP contribution < -0.4 is 19.6 Å². The second kappa shape index (κ2) is 8.53. The molecule has 3 rings (SSSR count). The van der Waals surface area contributed by atoms with E-state index in [0.717, 1.165) is 5.57 Å². The number of fused-ring (bicyclic) bond motifs is 1. The molecule has 0 unspecified atom stereocenters. The summed E-state index contributed by atoms with van der Waals surface area (Å²) in [4.78, 5) is 25.3. The van der Waals surface area contributed by atoms with Gasteiger partial charge in [-0.05, 0) is 54.0 Å². The maximum atomic E-state index is 13.1. The lowest BCUT2D eigenvalue weighted by Crippen LogP contribution is -2.14. The fourth-order valence-electron chi connectivity index (χ4n) is 2.82. The fraction of sp³-hybridized carbons (Fsp3) is 0.182. The fourth-order valence-corrected chi connectivity index (χ4v) is 3.43. The van der Waals surface area contributed by atoms with Gasteiger partial charge in [0.1, 0.15) is 5.58 Å². The second-order valence-electron chi connectivity index (χ2n) is 6.42. The number of esters is 1. The number of carbonyl (C=O) groups excluding carboxylic acids is 1. The molecule has 0 bridgehead atoms. The zero-order valence-corrected chi connectivity index (χ0v) is 18.0. The topological polar surface area (TPSA) is 75.0 Å². The minimum atomic E-state index is -0.659. The van der Waals surface area contributed by atoms with Crippen LogP contribution in [-0.2, 0) is 4.79 Å². The quantitative estimate of drug-likeness (QED) is 0.390. The Balaban J connectivity index is 2.30. The van der Waals surface area contributed by atoms with Gasteiger partial charge < -0.3 is 18.6 Å². The van der Waals surface area contributed by atoms with Crippen molar-refractivity contribution in [3.63, 3.8) is 0 Å². The zero-order chi connectivity index (χ0) is 21.1. The van der Waals surface area contributed by atoms with Crippen molar-refractivity contribution in [2.45, 2.75) is 13.8 Å². The lowest BCUT2D eigenvalue weighted by molar-refractivity contribution is -0.129. The highest BCUT2D eigenvalue weighted by Crippen LogP contribution is 2.41. The van der Waals surface area contributed by atoms with Crippen LogP contribution in [0.5, 0.6) is 17.2 Å².